The van der Waals surface area contributed by atoms with Gasteiger partial charge in [-0.3, -0.25) is 4.79 Å². The number of amides is 1. The second-order valence-corrected chi connectivity index (χ2v) is 6.73. The van der Waals surface area contributed by atoms with E-state index < -0.39 is 0 Å². The van der Waals surface area contributed by atoms with Crippen LogP contribution in [0.25, 0.3) is 22.0 Å². The van der Waals surface area contributed by atoms with Crippen molar-refractivity contribution in [1.82, 2.24) is 19.6 Å². The lowest BCUT2D eigenvalue weighted by molar-refractivity contribution is -0.129. The van der Waals surface area contributed by atoms with Crippen LogP contribution < -0.4 is 0 Å². The van der Waals surface area contributed by atoms with Crippen LogP contribution in [-0.2, 0) is 11.2 Å². The van der Waals surface area contributed by atoms with Crippen LogP contribution in [0.1, 0.15) is 18.2 Å². The Morgan fingerprint density at radius 3 is 2.96 bits per heavy atom. The summed E-state index contributed by atoms with van der Waals surface area (Å²) in [7, 11) is 0. The van der Waals surface area contributed by atoms with E-state index in [-0.39, 0.29) is 18.4 Å². The molecule has 1 unspecified atom stereocenters. The van der Waals surface area contributed by atoms with E-state index in [0.29, 0.717) is 12.2 Å². The summed E-state index contributed by atoms with van der Waals surface area (Å²) < 4.78 is 7.50. The van der Waals surface area contributed by atoms with Crippen molar-refractivity contribution in [2.45, 2.75) is 18.9 Å². The van der Waals surface area contributed by atoms with Crippen LogP contribution in [-0.4, -0.2) is 38.6 Å². The topological polar surface area (TPSA) is 64.2 Å². The molecule has 3 heterocycles. The van der Waals surface area contributed by atoms with E-state index >= 15 is 0 Å². The van der Waals surface area contributed by atoms with Gasteiger partial charge in [-0.2, -0.15) is 0 Å². The molecule has 2 aromatic carbocycles. The van der Waals surface area contributed by atoms with E-state index in [1.165, 1.54) is 0 Å². The molecule has 2 aromatic heterocycles. The van der Waals surface area contributed by atoms with Gasteiger partial charge in [0.2, 0.25) is 5.91 Å². The number of fused-ring (bicyclic) bond motifs is 2. The first kappa shape index (κ1) is 15.1. The minimum Gasteiger partial charge on any atom is -0.356 e. The highest BCUT2D eigenvalue weighted by molar-refractivity contribution is 5.86. The van der Waals surface area contributed by atoms with E-state index in [9.17, 15) is 4.79 Å². The molecule has 1 aliphatic rings. The second kappa shape index (κ2) is 5.98. The molecule has 6 heteroatoms. The van der Waals surface area contributed by atoms with E-state index in [2.05, 4.69) is 20.8 Å². The summed E-state index contributed by atoms with van der Waals surface area (Å²) in [5.41, 5.74) is 3.54. The van der Waals surface area contributed by atoms with E-state index in [0.717, 1.165) is 35.0 Å². The number of rotatable bonds is 3. The molecule has 0 saturated carbocycles. The number of hydrogen-bond donors (Lipinski definition) is 0. The van der Waals surface area contributed by atoms with Gasteiger partial charge >= 0.3 is 0 Å². The lowest BCUT2D eigenvalue weighted by Crippen LogP contribution is -2.30. The molecule has 1 amide bonds. The summed E-state index contributed by atoms with van der Waals surface area (Å²) >= 11 is 0. The molecule has 1 aliphatic heterocycles. The fourth-order valence-corrected chi connectivity index (χ4v) is 3.79. The van der Waals surface area contributed by atoms with Gasteiger partial charge in [-0.05, 0) is 30.7 Å². The first-order chi connectivity index (χ1) is 12.8. The number of hydrogen-bond acceptors (Lipinski definition) is 4. The van der Waals surface area contributed by atoms with Crippen molar-refractivity contribution >= 4 is 27.9 Å². The summed E-state index contributed by atoms with van der Waals surface area (Å²) in [5, 5.41) is 4.99. The van der Waals surface area contributed by atoms with Crippen molar-refractivity contribution in [3.8, 4) is 0 Å². The predicted molar refractivity (Wildman–Crippen MR) is 97.7 cm³/mol. The van der Waals surface area contributed by atoms with Crippen LogP contribution >= 0.6 is 0 Å². The fourth-order valence-electron chi connectivity index (χ4n) is 3.79. The minimum atomic E-state index is 0.0935. The van der Waals surface area contributed by atoms with Crippen LogP contribution in [0.5, 0.6) is 0 Å². The summed E-state index contributed by atoms with van der Waals surface area (Å²) in [4.78, 5) is 19.1. The third-order valence-electron chi connectivity index (χ3n) is 5.16. The number of likely N-dealkylation sites (tertiary alicyclic amines) is 1. The maximum absolute atomic E-state index is 12.8. The predicted octanol–water partition coefficient (Wildman–Crippen LogP) is 3.19. The second-order valence-electron chi connectivity index (χ2n) is 6.73. The molecular formula is C20H18N4O2. The zero-order valence-electron chi connectivity index (χ0n) is 14.2. The molecule has 0 spiro atoms. The number of imidazole rings is 1. The molecule has 0 bridgehead atoms. The summed E-state index contributed by atoms with van der Waals surface area (Å²) in [6, 6.07) is 16.0. The third-order valence-corrected chi connectivity index (χ3v) is 5.16. The van der Waals surface area contributed by atoms with Crippen LogP contribution in [0.3, 0.4) is 0 Å². The molecule has 0 radical (unpaired) electrons. The van der Waals surface area contributed by atoms with E-state index in [4.69, 9.17) is 4.52 Å². The van der Waals surface area contributed by atoms with Crippen LogP contribution in [0.15, 0.2) is 59.4 Å². The van der Waals surface area contributed by atoms with Gasteiger partial charge < -0.3 is 14.0 Å². The molecule has 1 atom stereocenters. The lowest BCUT2D eigenvalue weighted by atomic mass is 10.1. The van der Waals surface area contributed by atoms with Crippen molar-refractivity contribution in [2.75, 3.05) is 13.1 Å². The molecule has 130 valence electrons. The summed E-state index contributed by atoms with van der Waals surface area (Å²) in [6.45, 7) is 1.46. The first-order valence-corrected chi connectivity index (χ1v) is 8.82. The maximum Gasteiger partial charge on any atom is 0.228 e. The number of carbonyl (C=O) groups is 1. The standard InChI is InChI=1S/C20H18N4O2/c25-20(11-17-15-5-1-4-8-19(15)26-22-17)23-10-9-14(12-23)24-13-21-16-6-2-3-7-18(16)24/h1-8,13-14H,9-12H2. The highest BCUT2D eigenvalue weighted by atomic mass is 16.5. The maximum atomic E-state index is 12.8. The molecule has 5 rings (SSSR count). The highest BCUT2D eigenvalue weighted by Crippen LogP contribution is 2.27. The van der Waals surface area contributed by atoms with Crippen molar-refractivity contribution in [1.29, 1.82) is 0 Å². The van der Waals surface area contributed by atoms with Gasteiger partial charge in [0.25, 0.3) is 0 Å². The smallest absolute Gasteiger partial charge is 0.228 e. The summed E-state index contributed by atoms with van der Waals surface area (Å²) in [5.74, 6) is 0.0935. The minimum absolute atomic E-state index is 0.0935. The molecule has 1 saturated heterocycles. The third kappa shape index (κ3) is 2.45. The molecular weight excluding hydrogens is 328 g/mol. The normalized spacial score (nSPS) is 17.4. The number of benzene rings is 2. The van der Waals surface area contributed by atoms with Gasteiger partial charge in [0, 0.05) is 18.5 Å². The Hall–Kier alpha value is -3.15. The van der Waals surface area contributed by atoms with Crippen molar-refractivity contribution < 1.29 is 9.32 Å². The highest BCUT2D eigenvalue weighted by Gasteiger charge is 2.29. The molecule has 0 aliphatic carbocycles. The van der Waals surface area contributed by atoms with Crippen molar-refractivity contribution in [3.05, 3.63) is 60.6 Å². The van der Waals surface area contributed by atoms with Crippen LogP contribution in [0, 0.1) is 0 Å². The van der Waals surface area contributed by atoms with Crippen LogP contribution in [0.2, 0.25) is 0 Å². The van der Waals surface area contributed by atoms with Gasteiger partial charge in [-0.15, -0.1) is 0 Å². The molecule has 6 nitrogen and oxygen atoms in total. The van der Waals surface area contributed by atoms with Gasteiger partial charge in [0.15, 0.2) is 5.58 Å². The Kier molecular flexibility index (Phi) is 3.48. The number of carbonyl (C=O) groups excluding carboxylic acids is 1. The lowest BCUT2D eigenvalue weighted by Gasteiger charge is -2.17. The quantitative estimate of drug-likeness (QED) is 0.571. The zero-order valence-corrected chi connectivity index (χ0v) is 14.2. The zero-order chi connectivity index (χ0) is 17.5. The van der Waals surface area contributed by atoms with Gasteiger partial charge in [0.1, 0.15) is 5.69 Å². The Balaban J connectivity index is 1.33. The number of para-hydroxylation sites is 3. The van der Waals surface area contributed by atoms with Gasteiger partial charge in [-0.25, -0.2) is 4.98 Å². The largest absolute Gasteiger partial charge is 0.356 e. The van der Waals surface area contributed by atoms with E-state index in [1.54, 1.807) is 0 Å². The average molecular weight is 346 g/mol. The van der Waals surface area contributed by atoms with Crippen molar-refractivity contribution in [3.63, 3.8) is 0 Å². The van der Waals surface area contributed by atoms with Crippen molar-refractivity contribution in [2.24, 2.45) is 0 Å². The summed E-state index contributed by atoms with van der Waals surface area (Å²) in [6.07, 6.45) is 3.09. The van der Waals surface area contributed by atoms with Crippen LogP contribution in [0.4, 0.5) is 0 Å². The molecule has 1 fully saturated rings. The number of aromatic nitrogens is 3. The van der Waals surface area contributed by atoms with E-state index in [1.807, 2.05) is 53.7 Å². The molecule has 26 heavy (non-hydrogen) atoms. The van der Waals surface area contributed by atoms with Gasteiger partial charge in [-0.1, -0.05) is 29.4 Å². The molecule has 4 aromatic rings. The number of nitrogens with zero attached hydrogens (tertiary/aromatic N) is 4. The Bertz CT molecular complexity index is 1100. The average Bonchev–Trinajstić information content (AvgIpc) is 3.40. The monoisotopic (exact) mass is 346 g/mol. The first-order valence-electron chi connectivity index (χ1n) is 8.82. The Labute approximate surface area is 150 Å². The Morgan fingerprint density at radius 2 is 2.00 bits per heavy atom. The Morgan fingerprint density at radius 1 is 1.15 bits per heavy atom. The fraction of sp³-hybridized carbons (Fsp3) is 0.250. The SMILES string of the molecule is O=C(Cc1noc2ccccc12)N1CCC(n2cnc3ccccc32)C1. The van der Waals surface area contributed by atoms with Gasteiger partial charge in [0.05, 0.1) is 29.8 Å². The molecule has 0 N–H and O–H groups in total.